The molecule has 0 radical (unpaired) electrons. The second-order valence-corrected chi connectivity index (χ2v) is 5.92. The zero-order valence-electron chi connectivity index (χ0n) is 13.2. The lowest BCUT2D eigenvalue weighted by atomic mass is 9.88. The van der Waals surface area contributed by atoms with Gasteiger partial charge in [0, 0.05) is 11.5 Å². The number of aromatic nitrogens is 2. The minimum absolute atomic E-state index is 0. The first-order valence-corrected chi connectivity index (χ1v) is 7.67. The fraction of sp³-hybridized carbons (Fsp3) is 0.375. The predicted octanol–water partition coefficient (Wildman–Crippen LogP) is 2.02. The number of nitrogens with one attached hydrogen (secondary N) is 3. The number of ether oxygens (including phenoxy) is 2. The molecular weight excluding hydrogens is 332 g/mol. The average molecular weight is 351 g/mol. The van der Waals surface area contributed by atoms with Crippen LogP contribution in [0.4, 0.5) is 5.82 Å². The van der Waals surface area contributed by atoms with Gasteiger partial charge in [-0.15, -0.1) is 12.4 Å². The molecule has 2 aliphatic heterocycles. The van der Waals surface area contributed by atoms with E-state index in [-0.39, 0.29) is 31.0 Å². The minimum atomic E-state index is -0.0378. The van der Waals surface area contributed by atoms with Crippen LogP contribution in [0.15, 0.2) is 24.4 Å². The number of H-pyrrole nitrogens is 1. The SMILES string of the molecule is CC(C(=O)Nc1[nH]ncc1-c1ccc2c(c1)OCO2)C1CNC1.Cl. The van der Waals surface area contributed by atoms with Crippen molar-refractivity contribution in [3.8, 4) is 22.6 Å². The number of aromatic amines is 1. The van der Waals surface area contributed by atoms with Gasteiger partial charge in [0.15, 0.2) is 11.5 Å². The van der Waals surface area contributed by atoms with E-state index < -0.39 is 0 Å². The molecule has 2 aromatic rings. The molecule has 1 saturated heterocycles. The maximum atomic E-state index is 12.4. The molecule has 24 heavy (non-hydrogen) atoms. The Balaban J connectivity index is 0.00000169. The average Bonchev–Trinajstić information content (AvgIpc) is 3.12. The van der Waals surface area contributed by atoms with Crippen molar-refractivity contribution >= 4 is 24.1 Å². The summed E-state index contributed by atoms with van der Waals surface area (Å²) in [5, 5.41) is 13.1. The van der Waals surface area contributed by atoms with Crippen molar-refractivity contribution in [3.05, 3.63) is 24.4 Å². The highest BCUT2D eigenvalue weighted by molar-refractivity contribution is 5.95. The number of anilines is 1. The fourth-order valence-corrected chi connectivity index (χ4v) is 2.78. The van der Waals surface area contributed by atoms with Gasteiger partial charge in [0.2, 0.25) is 12.7 Å². The van der Waals surface area contributed by atoms with Crippen LogP contribution in [0.5, 0.6) is 11.5 Å². The van der Waals surface area contributed by atoms with Crippen molar-refractivity contribution in [1.29, 1.82) is 0 Å². The molecule has 3 N–H and O–H groups in total. The molecule has 7 nitrogen and oxygen atoms in total. The number of rotatable bonds is 4. The third-order valence-corrected chi connectivity index (χ3v) is 4.50. The molecule has 0 aliphatic carbocycles. The van der Waals surface area contributed by atoms with Crippen LogP contribution in [0.25, 0.3) is 11.1 Å². The van der Waals surface area contributed by atoms with Crippen LogP contribution < -0.4 is 20.1 Å². The smallest absolute Gasteiger partial charge is 0.231 e. The third-order valence-electron chi connectivity index (χ3n) is 4.50. The van der Waals surface area contributed by atoms with E-state index >= 15 is 0 Å². The van der Waals surface area contributed by atoms with Gasteiger partial charge < -0.3 is 20.1 Å². The van der Waals surface area contributed by atoms with Crippen LogP contribution in [-0.2, 0) is 4.79 Å². The normalized spacial score (nSPS) is 16.9. The summed E-state index contributed by atoms with van der Waals surface area (Å²) in [6.07, 6.45) is 1.70. The fourth-order valence-electron chi connectivity index (χ4n) is 2.78. The number of hydrogen-bond acceptors (Lipinski definition) is 5. The molecule has 4 rings (SSSR count). The lowest BCUT2D eigenvalue weighted by Gasteiger charge is -2.31. The second kappa shape index (κ2) is 6.70. The number of amides is 1. The topological polar surface area (TPSA) is 88.3 Å². The number of carbonyl (C=O) groups is 1. The number of benzene rings is 1. The van der Waals surface area contributed by atoms with Crippen molar-refractivity contribution in [2.45, 2.75) is 6.92 Å². The predicted molar refractivity (Wildman–Crippen MR) is 91.5 cm³/mol. The van der Waals surface area contributed by atoms with E-state index in [0.717, 1.165) is 30.0 Å². The maximum absolute atomic E-state index is 12.4. The second-order valence-electron chi connectivity index (χ2n) is 5.92. The summed E-state index contributed by atoms with van der Waals surface area (Å²) >= 11 is 0. The van der Waals surface area contributed by atoms with Gasteiger partial charge in [-0.25, -0.2) is 0 Å². The number of carbonyl (C=O) groups excluding carboxylic acids is 1. The molecule has 1 atom stereocenters. The van der Waals surface area contributed by atoms with Gasteiger partial charge in [0.05, 0.1) is 6.20 Å². The van der Waals surface area contributed by atoms with Crippen molar-refractivity contribution in [1.82, 2.24) is 15.5 Å². The summed E-state index contributed by atoms with van der Waals surface area (Å²) in [7, 11) is 0. The van der Waals surface area contributed by atoms with Gasteiger partial charge in [-0.3, -0.25) is 9.89 Å². The van der Waals surface area contributed by atoms with E-state index in [2.05, 4.69) is 20.8 Å². The van der Waals surface area contributed by atoms with E-state index in [1.165, 1.54) is 0 Å². The van der Waals surface area contributed by atoms with Crippen LogP contribution in [0.1, 0.15) is 6.92 Å². The van der Waals surface area contributed by atoms with Crippen LogP contribution in [-0.4, -0.2) is 36.0 Å². The summed E-state index contributed by atoms with van der Waals surface area (Å²) in [4.78, 5) is 12.4. The lowest BCUT2D eigenvalue weighted by molar-refractivity contribution is -0.121. The Labute approximate surface area is 145 Å². The lowest BCUT2D eigenvalue weighted by Crippen LogP contribution is -2.48. The van der Waals surface area contributed by atoms with Crippen LogP contribution >= 0.6 is 12.4 Å². The Hall–Kier alpha value is -2.25. The Kier molecular flexibility index (Phi) is 4.64. The van der Waals surface area contributed by atoms with Gasteiger partial charge in [0.25, 0.3) is 0 Å². The molecule has 1 amide bonds. The Morgan fingerprint density at radius 1 is 1.33 bits per heavy atom. The first-order valence-electron chi connectivity index (χ1n) is 7.67. The highest BCUT2D eigenvalue weighted by Gasteiger charge is 2.29. The van der Waals surface area contributed by atoms with Gasteiger partial charge >= 0.3 is 0 Å². The molecule has 2 aliphatic rings. The zero-order valence-corrected chi connectivity index (χ0v) is 14.0. The Bertz CT molecular complexity index is 745. The first kappa shape index (κ1) is 16.6. The quantitative estimate of drug-likeness (QED) is 0.785. The summed E-state index contributed by atoms with van der Waals surface area (Å²) in [6.45, 7) is 3.98. The van der Waals surface area contributed by atoms with Gasteiger partial charge in [-0.05, 0) is 36.7 Å². The standard InChI is InChI=1S/C16H18N4O3.ClH/c1-9(11-5-17-6-11)16(21)19-15-12(7-18-20-15)10-2-3-13-14(4-10)23-8-22-13;/h2-4,7,9,11,17H,5-6,8H2,1H3,(H2,18,19,20,21);1H. The molecule has 0 bridgehead atoms. The number of fused-ring (bicyclic) bond motifs is 1. The van der Waals surface area contributed by atoms with Crippen molar-refractivity contribution in [2.75, 3.05) is 25.2 Å². The molecule has 8 heteroatoms. The number of hydrogen-bond donors (Lipinski definition) is 3. The van der Waals surface area contributed by atoms with E-state index in [1.54, 1.807) is 6.20 Å². The number of halogens is 1. The van der Waals surface area contributed by atoms with Crippen molar-refractivity contribution in [2.24, 2.45) is 11.8 Å². The van der Waals surface area contributed by atoms with Crippen molar-refractivity contribution in [3.63, 3.8) is 0 Å². The third kappa shape index (κ3) is 2.92. The summed E-state index contributed by atoms with van der Waals surface area (Å²) in [6, 6.07) is 5.67. The Morgan fingerprint density at radius 2 is 2.12 bits per heavy atom. The van der Waals surface area contributed by atoms with Crippen molar-refractivity contribution < 1.29 is 14.3 Å². The minimum Gasteiger partial charge on any atom is -0.454 e. The largest absolute Gasteiger partial charge is 0.454 e. The van der Waals surface area contributed by atoms with Crippen LogP contribution in [0, 0.1) is 11.8 Å². The molecule has 1 aromatic carbocycles. The van der Waals surface area contributed by atoms with E-state index in [4.69, 9.17) is 9.47 Å². The monoisotopic (exact) mass is 350 g/mol. The molecular formula is C16H19ClN4O3. The van der Waals surface area contributed by atoms with Gasteiger partial charge in [-0.2, -0.15) is 5.10 Å². The molecule has 1 aromatic heterocycles. The number of nitrogens with zero attached hydrogens (tertiary/aromatic N) is 1. The molecule has 1 fully saturated rings. The molecule has 1 unspecified atom stereocenters. The van der Waals surface area contributed by atoms with Gasteiger partial charge in [-0.1, -0.05) is 13.0 Å². The summed E-state index contributed by atoms with van der Waals surface area (Å²) in [5.41, 5.74) is 1.74. The van der Waals surface area contributed by atoms with E-state index in [9.17, 15) is 4.79 Å². The van der Waals surface area contributed by atoms with Gasteiger partial charge in [0.1, 0.15) is 5.82 Å². The van der Waals surface area contributed by atoms with E-state index in [1.807, 2.05) is 25.1 Å². The molecule has 0 spiro atoms. The summed E-state index contributed by atoms with van der Waals surface area (Å²) in [5.74, 6) is 2.40. The highest BCUT2D eigenvalue weighted by atomic mass is 35.5. The maximum Gasteiger partial charge on any atom is 0.231 e. The Morgan fingerprint density at radius 3 is 2.88 bits per heavy atom. The summed E-state index contributed by atoms with van der Waals surface area (Å²) < 4.78 is 10.7. The molecule has 3 heterocycles. The van der Waals surface area contributed by atoms with E-state index in [0.29, 0.717) is 17.5 Å². The van der Waals surface area contributed by atoms with Crippen LogP contribution in [0.3, 0.4) is 0 Å². The highest BCUT2D eigenvalue weighted by Crippen LogP contribution is 2.37. The first-order chi connectivity index (χ1) is 11.2. The molecule has 128 valence electrons. The zero-order chi connectivity index (χ0) is 15.8. The molecule has 0 saturated carbocycles. The van der Waals surface area contributed by atoms with Crippen LogP contribution in [0.2, 0.25) is 0 Å².